The highest BCUT2D eigenvalue weighted by Crippen LogP contribution is 2.06. The molecule has 0 aliphatic heterocycles. The number of rotatable bonds is 3. The third-order valence-electron chi connectivity index (χ3n) is 2.77. The highest BCUT2D eigenvalue weighted by molar-refractivity contribution is 5.85. The number of nitrogens with two attached hydrogens (primary N) is 1. The molecule has 9 heteroatoms. The lowest BCUT2D eigenvalue weighted by Crippen LogP contribution is -2.33. The number of carbonyl (C=O) groups is 1. The van der Waals surface area contributed by atoms with Crippen LogP contribution < -0.4 is 20.5 Å². The average Bonchev–Trinajstić information content (AvgIpc) is 2.52. The van der Waals surface area contributed by atoms with Gasteiger partial charge in [0, 0.05) is 39.3 Å². The molecule has 0 saturated heterocycles. The predicted octanol–water partition coefficient (Wildman–Crippen LogP) is 1.33. The highest BCUT2D eigenvalue weighted by Gasteiger charge is 2.15. The molecule has 0 aliphatic carbocycles. The molecule has 2 aromatic rings. The first-order chi connectivity index (χ1) is 11.7. The SMILES string of the molecule is CC(C)(C)OC(=O)NCc1ccc[n+](O)c1.Cl.NCc1ccc[n+](O)c1. The van der Waals surface area contributed by atoms with Gasteiger partial charge < -0.3 is 15.8 Å². The molecule has 2 aromatic heterocycles. The van der Waals surface area contributed by atoms with Crippen LogP contribution in [0.4, 0.5) is 4.79 Å². The third kappa shape index (κ3) is 10.3. The van der Waals surface area contributed by atoms with Crippen molar-refractivity contribution >= 4 is 18.5 Å². The van der Waals surface area contributed by atoms with Gasteiger partial charge in [-0.05, 0) is 32.9 Å². The monoisotopic (exact) mass is 386 g/mol. The van der Waals surface area contributed by atoms with Crippen molar-refractivity contribution in [1.29, 1.82) is 0 Å². The number of ether oxygens (including phenoxy) is 1. The summed E-state index contributed by atoms with van der Waals surface area (Å²) < 4.78 is 7.00. The summed E-state index contributed by atoms with van der Waals surface area (Å²) in [7, 11) is 0. The molecule has 0 unspecified atom stereocenters. The fourth-order valence-electron chi connectivity index (χ4n) is 1.74. The van der Waals surface area contributed by atoms with Gasteiger partial charge in [-0.1, -0.05) is 0 Å². The average molecular weight is 387 g/mol. The lowest BCUT2D eigenvalue weighted by Gasteiger charge is -2.19. The summed E-state index contributed by atoms with van der Waals surface area (Å²) in [6.07, 6.45) is 5.65. The number of hydrogen-bond acceptors (Lipinski definition) is 5. The number of pyridine rings is 2. The molecular weight excluding hydrogens is 360 g/mol. The number of amides is 1. The number of aromatic nitrogens is 2. The van der Waals surface area contributed by atoms with Gasteiger partial charge in [-0.3, -0.25) is 10.4 Å². The largest absolute Gasteiger partial charge is 0.444 e. The van der Waals surface area contributed by atoms with E-state index >= 15 is 0 Å². The van der Waals surface area contributed by atoms with Crippen molar-refractivity contribution in [2.24, 2.45) is 5.73 Å². The van der Waals surface area contributed by atoms with E-state index in [4.69, 9.17) is 20.9 Å². The molecule has 2 rings (SSSR count). The van der Waals surface area contributed by atoms with Gasteiger partial charge in [-0.15, -0.1) is 12.4 Å². The van der Waals surface area contributed by atoms with Crippen LogP contribution in [0, 0.1) is 0 Å². The van der Waals surface area contributed by atoms with E-state index in [-0.39, 0.29) is 12.4 Å². The normalized spacial score (nSPS) is 10.0. The molecule has 144 valence electrons. The van der Waals surface area contributed by atoms with Crippen molar-refractivity contribution in [1.82, 2.24) is 5.32 Å². The van der Waals surface area contributed by atoms with Crippen LogP contribution in [-0.2, 0) is 17.8 Å². The first-order valence-corrected chi connectivity index (χ1v) is 7.75. The molecule has 0 bridgehead atoms. The number of carbonyl (C=O) groups excluding carboxylic acids is 1. The van der Waals surface area contributed by atoms with E-state index in [9.17, 15) is 4.79 Å². The Morgan fingerprint density at radius 3 is 2.04 bits per heavy atom. The van der Waals surface area contributed by atoms with Crippen LogP contribution in [-0.4, -0.2) is 22.1 Å². The molecule has 0 radical (unpaired) electrons. The first kappa shape index (κ1) is 23.4. The van der Waals surface area contributed by atoms with E-state index in [1.165, 1.54) is 12.4 Å². The van der Waals surface area contributed by atoms with Crippen molar-refractivity contribution in [3.63, 3.8) is 0 Å². The first-order valence-electron chi connectivity index (χ1n) is 7.75. The van der Waals surface area contributed by atoms with Gasteiger partial charge in [-0.25, -0.2) is 4.79 Å². The Balaban J connectivity index is 0.000000532. The van der Waals surface area contributed by atoms with Gasteiger partial charge >= 0.3 is 6.09 Å². The zero-order chi connectivity index (χ0) is 18.9. The van der Waals surface area contributed by atoms with Gasteiger partial charge in [0.25, 0.3) is 0 Å². The van der Waals surface area contributed by atoms with Gasteiger partial charge in [0.1, 0.15) is 5.60 Å². The summed E-state index contributed by atoms with van der Waals surface area (Å²) in [5, 5.41) is 20.5. The molecule has 0 fully saturated rings. The summed E-state index contributed by atoms with van der Waals surface area (Å²) in [6, 6.07) is 7.07. The molecule has 5 N–H and O–H groups in total. The topological polar surface area (TPSA) is 113 Å². The van der Waals surface area contributed by atoms with Gasteiger partial charge in [-0.2, -0.15) is 0 Å². The number of hydrogen-bond donors (Lipinski definition) is 4. The Morgan fingerprint density at radius 1 is 1.12 bits per heavy atom. The molecule has 0 atom stereocenters. The lowest BCUT2D eigenvalue weighted by atomic mass is 10.2. The molecule has 26 heavy (non-hydrogen) atoms. The Bertz CT molecular complexity index is 692. The van der Waals surface area contributed by atoms with Crippen LogP contribution in [0.1, 0.15) is 31.9 Å². The fraction of sp³-hybridized carbons (Fsp3) is 0.353. The van der Waals surface area contributed by atoms with Crippen molar-refractivity contribution in [3.05, 3.63) is 60.2 Å². The second kappa shape index (κ2) is 11.1. The second-order valence-electron chi connectivity index (χ2n) is 6.24. The van der Waals surface area contributed by atoms with Gasteiger partial charge in [0.05, 0.1) is 6.54 Å². The number of alkyl carbamates (subject to hydrolysis) is 1. The zero-order valence-corrected chi connectivity index (χ0v) is 15.9. The van der Waals surface area contributed by atoms with Crippen molar-refractivity contribution in [3.8, 4) is 0 Å². The summed E-state index contributed by atoms with van der Waals surface area (Å²) in [4.78, 5) is 11.3. The minimum atomic E-state index is -0.502. The number of nitrogens with one attached hydrogen (secondary N) is 1. The van der Waals surface area contributed by atoms with Crippen LogP contribution in [0.25, 0.3) is 0 Å². The fourth-order valence-corrected chi connectivity index (χ4v) is 1.74. The summed E-state index contributed by atoms with van der Waals surface area (Å²) >= 11 is 0. The van der Waals surface area contributed by atoms with E-state index in [2.05, 4.69) is 5.32 Å². The van der Waals surface area contributed by atoms with Crippen LogP contribution in [0.3, 0.4) is 0 Å². The van der Waals surface area contributed by atoms with Gasteiger partial charge in [0.2, 0.25) is 24.8 Å². The maximum atomic E-state index is 11.3. The maximum Gasteiger partial charge on any atom is 0.407 e. The van der Waals surface area contributed by atoms with Crippen LogP contribution in [0.15, 0.2) is 49.1 Å². The smallest absolute Gasteiger partial charge is 0.407 e. The van der Waals surface area contributed by atoms with E-state index in [0.717, 1.165) is 20.6 Å². The lowest BCUT2D eigenvalue weighted by molar-refractivity contribution is -0.905. The molecule has 0 spiro atoms. The standard InChI is InChI=1S/C11H16N2O3.C6H9N2O.ClH/c1-11(2,3)16-10(14)12-7-9-5-4-6-13(15)8-9;7-4-6-2-1-3-8(9)5-6;/h4-6,8H,7H2,1-3H3,(H-,12,14,15);1-3,5,9H,4,7H2;1H/q;+1;/p+1. The van der Waals surface area contributed by atoms with Crippen LogP contribution in [0.2, 0.25) is 0 Å². The van der Waals surface area contributed by atoms with Gasteiger partial charge in [0.15, 0.2) is 0 Å². The molecule has 2 heterocycles. The predicted molar refractivity (Wildman–Crippen MR) is 95.9 cm³/mol. The number of nitrogens with zero attached hydrogens (tertiary/aromatic N) is 2. The summed E-state index contributed by atoms with van der Waals surface area (Å²) in [5.74, 6) is 0. The molecule has 0 aromatic carbocycles. The molecular formula is C17H27ClN4O4+2. The van der Waals surface area contributed by atoms with Crippen LogP contribution in [0.5, 0.6) is 0 Å². The Kier molecular flexibility index (Phi) is 10.0. The Morgan fingerprint density at radius 2 is 1.62 bits per heavy atom. The minimum Gasteiger partial charge on any atom is -0.444 e. The minimum absolute atomic E-state index is 0. The van der Waals surface area contributed by atoms with Crippen molar-refractivity contribution < 1.29 is 29.4 Å². The third-order valence-corrected chi connectivity index (χ3v) is 2.77. The van der Waals surface area contributed by atoms with Crippen molar-refractivity contribution in [2.75, 3.05) is 0 Å². The van der Waals surface area contributed by atoms with Crippen LogP contribution >= 0.6 is 12.4 Å². The van der Waals surface area contributed by atoms with E-state index < -0.39 is 11.7 Å². The quantitative estimate of drug-likeness (QED) is 0.469. The Hall–Kier alpha value is -2.58. The highest BCUT2D eigenvalue weighted by atomic mass is 35.5. The summed E-state index contributed by atoms with van der Waals surface area (Å²) in [5.41, 5.74) is 6.50. The van der Waals surface area contributed by atoms with Crippen molar-refractivity contribution in [2.45, 2.75) is 39.5 Å². The second-order valence-corrected chi connectivity index (χ2v) is 6.24. The maximum absolute atomic E-state index is 11.3. The van der Waals surface area contributed by atoms with E-state index in [1.807, 2.05) is 6.07 Å². The Labute approximate surface area is 159 Å². The molecule has 1 amide bonds. The van der Waals surface area contributed by atoms with E-state index in [1.54, 1.807) is 51.4 Å². The molecule has 0 aliphatic rings. The molecule has 0 saturated carbocycles. The van der Waals surface area contributed by atoms with E-state index in [0.29, 0.717) is 13.1 Å². The molecule has 8 nitrogen and oxygen atoms in total. The zero-order valence-electron chi connectivity index (χ0n) is 15.1. The number of halogens is 1. The summed E-state index contributed by atoms with van der Waals surface area (Å²) in [6.45, 7) is 6.18.